The van der Waals surface area contributed by atoms with Gasteiger partial charge in [0.25, 0.3) is 0 Å². The third kappa shape index (κ3) is 8.31. The second-order valence-corrected chi connectivity index (χ2v) is 3.18. The van der Waals surface area contributed by atoms with Gasteiger partial charge in [-0.25, -0.2) is 0 Å². The predicted molar refractivity (Wildman–Crippen MR) is 45.9 cm³/mol. The number of nitrogens with two attached hydrogens (primary N) is 1. The summed E-state index contributed by atoms with van der Waals surface area (Å²) < 4.78 is 0. The standard InChI is InChI=1S/C7H17NS/c1-9-7-5-3-2-4-6-8/h2-8H2,1H3. The van der Waals surface area contributed by atoms with Crippen molar-refractivity contribution in [1.29, 1.82) is 0 Å². The van der Waals surface area contributed by atoms with Gasteiger partial charge in [0.2, 0.25) is 0 Å². The first-order valence-electron chi connectivity index (χ1n) is 3.61. The molecule has 0 saturated carbocycles. The Hall–Kier alpha value is 0.310. The highest BCUT2D eigenvalue weighted by Crippen LogP contribution is 2.03. The van der Waals surface area contributed by atoms with Crippen molar-refractivity contribution in [3.05, 3.63) is 0 Å². The molecule has 0 amide bonds. The summed E-state index contributed by atoms with van der Waals surface area (Å²) in [5.41, 5.74) is 5.34. The molecule has 0 bridgehead atoms. The zero-order chi connectivity index (χ0) is 6.95. The molecule has 0 fully saturated rings. The normalized spacial score (nSPS) is 10.0. The van der Waals surface area contributed by atoms with Crippen LogP contribution in [0.1, 0.15) is 25.7 Å². The van der Waals surface area contributed by atoms with E-state index in [-0.39, 0.29) is 0 Å². The topological polar surface area (TPSA) is 26.0 Å². The van der Waals surface area contributed by atoms with Crippen LogP contribution in [0.4, 0.5) is 0 Å². The Morgan fingerprint density at radius 2 is 1.78 bits per heavy atom. The SMILES string of the molecule is CSCCCCCCN. The number of hydrogen-bond acceptors (Lipinski definition) is 2. The van der Waals surface area contributed by atoms with E-state index in [0.29, 0.717) is 0 Å². The van der Waals surface area contributed by atoms with Crippen LogP contribution in [0.2, 0.25) is 0 Å². The molecule has 0 aliphatic rings. The van der Waals surface area contributed by atoms with Gasteiger partial charge in [-0.3, -0.25) is 0 Å². The number of unbranched alkanes of at least 4 members (excludes halogenated alkanes) is 3. The zero-order valence-corrected chi connectivity index (χ0v) is 7.04. The molecule has 0 radical (unpaired) electrons. The minimum absolute atomic E-state index is 0.860. The van der Waals surface area contributed by atoms with Crippen LogP contribution >= 0.6 is 11.8 Å². The largest absolute Gasteiger partial charge is 0.330 e. The fourth-order valence-electron chi connectivity index (χ4n) is 0.744. The van der Waals surface area contributed by atoms with Gasteiger partial charge in [0.15, 0.2) is 0 Å². The molecule has 0 heterocycles. The van der Waals surface area contributed by atoms with Crippen LogP contribution in [0, 0.1) is 0 Å². The molecule has 0 aliphatic heterocycles. The molecule has 0 spiro atoms. The third-order valence-electron chi connectivity index (χ3n) is 1.30. The van der Waals surface area contributed by atoms with E-state index in [2.05, 4.69) is 6.26 Å². The summed E-state index contributed by atoms with van der Waals surface area (Å²) in [6.45, 7) is 0.860. The van der Waals surface area contributed by atoms with E-state index in [4.69, 9.17) is 5.73 Å². The van der Waals surface area contributed by atoms with Crippen LogP contribution in [0.3, 0.4) is 0 Å². The lowest BCUT2D eigenvalue weighted by molar-refractivity contribution is 0.678. The van der Waals surface area contributed by atoms with Gasteiger partial charge >= 0.3 is 0 Å². The Kier molecular flexibility index (Phi) is 8.60. The van der Waals surface area contributed by atoms with Crippen LogP contribution in [0.5, 0.6) is 0 Å². The van der Waals surface area contributed by atoms with Crippen LogP contribution in [-0.2, 0) is 0 Å². The first-order valence-corrected chi connectivity index (χ1v) is 5.00. The lowest BCUT2D eigenvalue weighted by atomic mass is 10.2. The van der Waals surface area contributed by atoms with Crippen molar-refractivity contribution >= 4 is 11.8 Å². The summed E-state index contributed by atoms with van der Waals surface area (Å²) >= 11 is 1.93. The second-order valence-electron chi connectivity index (χ2n) is 2.20. The minimum Gasteiger partial charge on any atom is -0.330 e. The molecule has 0 aromatic rings. The van der Waals surface area contributed by atoms with E-state index >= 15 is 0 Å². The Morgan fingerprint density at radius 1 is 1.11 bits per heavy atom. The molecular formula is C7H17NS. The fraction of sp³-hybridized carbons (Fsp3) is 1.00. The average Bonchev–Trinajstić information content (AvgIpc) is 1.89. The van der Waals surface area contributed by atoms with Gasteiger partial charge in [0.1, 0.15) is 0 Å². The zero-order valence-electron chi connectivity index (χ0n) is 6.23. The predicted octanol–water partition coefficient (Wildman–Crippen LogP) is 1.87. The summed E-state index contributed by atoms with van der Waals surface area (Å²) in [5.74, 6) is 1.31. The Morgan fingerprint density at radius 3 is 2.33 bits per heavy atom. The Labute approximate surface area is 62.4 Å². The van der Waals surface area contributed by atoms with Gasteiger partial charge in [-0.1, -0.05) is 12.8 Å². The van der Waals surface area contributed by atoms with Crippen LogP contribution in [0.25, 0.3) is 0 Å². The van der Waals surface area contributed by atoms with Crippen LogP contribution in [-0.4, -0.2) is 18.6 Å². The van der Waals surface area contributed by atoms with E-state index in [9.17, 15) is 0 Å². The number of hydrogen-bond donors (Lipinski definition) is 1. The molecule has 9 heavy (non-hydrogen) atoms. The average molecular weight is 147 g/mol. The van der Waals surface area contributed by atoms with E-state index in [1.807, 2.05) is 11.8 Å². The van der Waals surface area contributed by atoms with Crippen molar-refractivity contribution in [3.63, 3.8) is 0 Å². The van der Waals surface area contributed by atoms with Crippen molar-refractivity contribution in [1.82, 2.24) is 0 Å². The summed E-state index contributed by atoms with van der Waals surface area (Å²) in [6.07, 6.45) is 7.40. The maximum Gasteiger partial charge on any atom is -0.00703 e. The number of rotatable bonds is 6. The lowest BCUT2D eigenvalue weighted by Gasteiger charge is -1.96. The molecule has 2 N–H and O–H groups in total. The molecule has 0 aromatic carbocycles. The van der Waals surface area contributed by atoms with Gasteiger partial charge in [0.05, 0.1) is 0 Å². The van der Waals surface area contributed by atoms with Crippen molar-refractivity contribution in [2.45, 2.75) is 25.7 Å². The summed E-state index contributed by atoms with van der Waals surface area (Å²) in [6, 6.07) is 0. The summed E-state index contributed by atoms with van der Waals surface area (Å²) in [5, 5.41) is 0. The van der Waals surface area contributed by atoms with Crippen molar-refractivity contribution < 1.29 is 0 Å². The van der Waals surface area contributed by atoms with Crippen molar-refractivity contribution in [2.24, 2.45) is 5.73 Å². The van der Waals surface area contributed by atoms with Gasteiger partial charge in [0, 0.05) is 0 Å². The van der Waals surface area contributed by atoms with E-state index < -0.39 is 0 Å². The smallest absolute Gasteiger partial charge is 0.00703 e. The highest BCUT2D eigenvalue weighted by Gasteiger charge is 1.86. The minimum atomic E-state index is 0.860. The van der Waals surface area contributed by atoms with Gasteiger partial charge in [-0.05, 0) is 31.4 Å². The summed E-state index contributed by atoms with van der Waals surface area (Å²) in [7, 11) is 0. The van der Waals surface area contributed by atoms with Crippen molar-refractivity contribution in [3.8, 4) is 0 Å². The Balaban J connectivity index is 2.60. The highest BCUT2D eigenvalue weighted by atomic mass is 32.2. The van der Waals surface area contributed by atoms with E-state index in [1.54, 1.807) is 0 Å². The van der Waals surface area contributed by atoms with Gasteiger partial charge in [-0.15, -0.1) is 0 Å². The third-order valence-corrected chi connectivity index (χ3v) is 2.00. The van der Waals surface area contributed by atoms with Gasteiger partial charge < -0.3 is 5.73 Å². The lowest BCUT2D eigenvalue weighted by Crippen LogP contribution is -1.97. The quantitative estimate of drug-likeness (QED) is 0.580. The molecular weight excluding hydrogens is 130 g/mol. The fourth-order valence-corrected chi connectivity index (χ4v) is 1.24. The highest BCUT2D eigenvalue weighted by molar-refractivity contribution is 7.98. The molecule has 0 unspecified atom stereocenters. The maximum absolute atomic E-state index is 5.34. The van der Waals surface area contributed by atoms with E-state index in [0.717, 1.165) is 6.54 Å². The molecule has 0 atom stereocenters. The molecule has 0 aromatic heterocycles. The van der Waals surface area contributed by atoms with Crippen LogP contribution in [0.15, 0.2) is 0 Å². The summed E-state index contributed by atoms with van der Waals surface area (Å²) in [4.78, 5) is 0. The first-order chi connectivity index (χ1) is 4.41. The molecule has 0 aliphatic carbocycles. The van der Waals surface area contributed by atoms with Gasteiger partial charge in [-0.2, -0.15) is 11.8 Å². The molecule has 2 heteroatoms. The van der Waals surface area contributed by atoms with Crippen LogP contribution < -0.4 is 5.73 Å². The molecule has 1 nitrogen and oxygen atoms in total. The molecule has 0 saturated heterocycles. The molecule has 56 valence electrons. The van der Waals surface area contributed by atoms with E-state index in [1.165, 1.54) is 31.4 Å². The Bertz CT molecular complexity index is 42.2. The maximum atomic E-state index is 5.34. The monoisotopic (exact) mass is 147 g/mol. The second kappa shape index (κ2) is 8.31. The number of thioether (sulfide) groups is 1. The molecule has 0 rings (SSSR count). The first kappa shape index (κ1) is 9.31. The van der Waals surface area contributed by atoms with Crippen molar-refractivity contribution in [2.75, 3.05) is 18.6 Å².